The van der Waals surface area contributed by atoms with E-state index in [1.165, 1.54) is 18.2 Å². The van der Waals surface area contributed by atoms with Crippen LogP contribution < -0.4 is 10.0 Å². The lowest BCUT2D eigenvalue weighted by Gasteiger charge is -2.32. The van der Waals surface area contributed by atoms with E-state index in [4.69, 9.17) is 0 Å². The second-order valence-corrected chi connectivity index (χ2v) is 8.62. The van der Waals surface area contributed by atoms with E-state index in [1.807, 2.05) is 4.90 Å². The summed E-state index contributed by atoms with van der Waals surface area (Å²) < 4.78 is 52.6. The summed E-state index contributed by atoms with van der Waals surface area (Å²) in [4.78, 5) is 14.1. The zero-order chi connectivity index (χ0) is 19.3. The first-order valence-electron chi connectivity index (χ1n) is 8.56. The van der Waals surface area contributed by atoms with Gasteiger partial charge in [0.25, 0.3) is 0 Å². The lowest BCUT2D eigenvalue weighted by molar-refractivity contribution is -0.123. The van der Waals surface area contributed by atoms with Crippen molar-refractivity contribution in [2.24, 2.45) is 0 Å². The molecule has 1 heterocycles. The Labute approximate surface area is 153 Å². The highest BCUT2D eigenvalue weighted by Crippen LogP contribution is 2.14. The van der Waals surface area contributed by atoms with Gasteiger partial charge in [0.1, 0.15) is 11.6 Å². The monoisotopic (exact) mass is 389 g/mol. The van der Waals surface area contributed by atoms with Crippen LogP contribution in [0.4, 0.5) is 8.78 Å². The Morgan fingerprint density at radius 1 is 1.35 bits per heavy atom. The number of piperidine rings is 1. The molecule has 0 radical (unpaired) electrons. The summed E-state index contributed by atoms with van der Waals surface area (Å²) in [6.07, 6.45) is 2.69. The molecule has 0 bridgehead atoms. The normalized spacial score (nSPS) is 19.9. The third-order valence-corrected chi connectivity index (χ3v) is 4.99. The third-order valence-electron chi connectivity index (χ3n) is 4.23. The van der Waals surface area contributed by atoms with Gasteiger partial charge < -0.3 is 5.32 Å². The molecule has 1 aliphatic heterocycles. The predicted molar refractivity (Wildman–Crippen MR) is 95.1 cm³/mol. The summed E-state index contributed by atoms with van der Waals surface area (Å²) in [6.45, 7) is 2.96. The number of halogens is 2. The van der Waals surface area contributed by atoms with Crippen LogP contribution in [0.5, 0.6) is 0 Å². The molecule has 0 aliphatic carbocycles. The van der Waals surface area contributed by atoms with Gasteiger partial charge in [-0.05, 0) is 44.9 Å². The fraction of sp³-hybridized carbons (Fsp3) is 0.588. The first-order chi connectivity index (χ1) is 12.1. The summed E-state index contributed by atoms with van der Waals surface area (Å²) in [5, 5.41) is 2.74. The second kappa shape index (κ2) is 8.88. The van der Waals surface area contributed by atoms with Gasteiger partial charge in [-0.2, -0.15) is 0 Å². The maximum atomic E-state index is 13.7. The number of nitrogens with zero attached hydrogens (tertiary/aromatic N) is 1. The van der Waals surface area contributed by atoms with Gasteiger partial charge in [-0.3, -0.25) is 9.69 Å². The van der Waals surface area contributed by atoms with Crippen LogP contribution >= 0.6 is 0 Å². The first kappa shape index (κ1) is 20.7. The van der Waals surface area contributed by atoms with E-state index in [2.05, 4.69) is 10.0 Å². The molecule has 146 valence electrons. The van der Waals surface area contributed by atoms with Gasteiger partial charge in [0.15, 0.2) is 0 Å². The van der Waals surface area contributed by atoms with Crippen LogP contribution in [0.15, 0.2) is 18.2 Å². The van der Waals surface area contributed by atoms with Crippen LogP contribution in [0, 0.1) is 11.6 Å². The van der Waals surface area contributed by atoms with E-state index in [1.54, 1.807) is 6.92 Å². The molecule has 2 N–H and O–H groups in total. The lowest BCUT2D eigenvalue weighted by Crippen LogP contribution is -2.50. The number of benzene rings is 1. The number of hydrogen-bond acceptors (Lipinski definition) is 4. The zero-order valence-electron chi connectivity index (χ0n) is 15.0. The minimum Gasteiger partial charge on any atom is -0.352 e. The second-order valence-electron chi connectivity index (χ2n) is 6.84. The number of likely N-dealkylation sites (tertiary alicyclic amines) is 1. The van der Waals surface area contributed by atoms with Crippen molar-refractivity contribution in [1.29, 1.82) is 0 Å². The maximum Gasteiger partial charge on any atom is 0.234 e. The summed E-state index contributed by atoms with van der Waals surface area (Å²) in [5.41, 5.74) is -0.0457. The Morgan fingerprint density at radius 3 is 2.62 bits per heavy atom. The average molecular weight is 389 g/mol. The summed E-state index contributed by atoms with van der Waals surface area (Å²) >= 11 is 0. The van der Waals surface area contributed by atoms with Crippen molar-refractivity contribution in [3.63, 3.8) is 0 Å². The minimum atomic E-state index is -3.29. The van der Waals surface area contributed by atoms with Gasteiger partial charge in [-0.1, -0.05) is 6.07 Å². The number of rotatable bonds is 7. The van der Waals surface area contributed by atoms with E-state index in [-0.39, 0.29) is 30.5 Å². The van der Waals surface area contributed by atoms with Gasteiger partial charge >= 0.3 is 0 Å². The molecule has 1 fully saturated rings. The molecular formula is C17H25F2N3O3S. The predicted octanol–water partition coefficient (Wildman–Crippen LogP) is 1.03. The van der Waals surface area contributed by atoms with Crippen LogP contribution in [0.2, 0.25) is 0 Å². The molecule has 1 saturated heterocycles. The van der Waals surface area contributed by atoms with Crippen molar-refractivity contribution in [3.8, 4) is 0 Å². The molecule has 26 heavy (non-hydrogen) atoms. The molecule has 9 heteroatoms. The molecule has 1 amide bonds. The lowest BCUT2D eigenvalue weighted by atomic mass is 10.1. The number of carbonyl (C=O) groups excluding carboxylic acids is 1. The van der Waals surface area contributed by atoms with Crippen molar-refractivity contribution in [1.82, 2.24) is 14.9 Å². The number of hydrogen-bond donors (Lipinski definition) is 2. The topological polar surface area (TPSA) is 78.5 Å². The van der Waals surface area contributed by atoms with Crippen LogP contribution in [0.25, 0.3) is 0 Å². The highest BCUT2D eigenvalue weighted by atomic mass is 32.2. The minimum absolute atomic E-state index is 0.0457. The molecule has 2 atom stereocenters. The third kappa shape index (κ3) is 6.62. The molecule has 2 rings (SSSR count). The number of amides is 1. The molecule has 0 aromatic heterocycles. The molecule has 6 nitrogen and oxygen atoms in total. The van der Waals surface area contributed by atoms with Crippen molar-refractivity contribution >= 4 is 15.9 Å². The first-order valence-corrected chi connectivity index (χ1v) is 10.4. The van der Waals surface area contributed by atoms with Gasteiger partial charge in [0.05, 0.1) is 12.8 Å². The van der Waals surface area contributed by atoms with Crippen molar-refractivity contribution in [2.75, 3.05) is 25.9 Å². The van der Waals surface area contributed by atoms with Crippen molar-refractivity contribution in [2.45, 2.75) is 38.3 Å². The van der Waals surface area contributed by atoms with Crippen molar-refractivity contribution in [3.05, 3.63) is 35.4 Å². The Balaban J connectivity index is 1.84. The quantitative estimate of drug-likeness (QED) is 0.730. The largest absolute Gasteiger partial charge is 0.352 e. The molecule has 1 aromatic carbocycles. The Bertz CT molecular complexity index is 723. The van der Waals surface area contributed by atoms with Gasteiger partial charge in [-0.25, -0.2) is 21.9 Å². The number of carbonyl (C=O) groups is 1. The summed E-state index contributed by atoms with van der Waals surface area (Å²) in [6, 6.07) is 3.04. The zero-order valence-corrected chi connectivity index (χ0v) is 15.8. The van der Waals surface area contributed by atoms with E-state index >= 15 is 0 Å². The molecule has 2 unspecified atom stereocenters. The number of sulfonamides is 1. The average Bonchev–Trinajstić information content (AvgIpc) is 2.49. The summed E-state index contributed by atoms with van der Waals surface area (Å²) in [7, 11) is -3.29. The van der Waals surface area contributed by atoms with E-state index in [9.17, 15) is 22.0 Å². The van der Waals surface area contributed by atoms with E-state index in [0.717, 1.165) is 19.1 Å². The Morgan fingerprint density at radius 2 is 2.00 bits per heavy atom. The maximum absolute atomic E-state index is 13.7. The van der Waals surface area contributed by atoms with E-state index < -0.39 is 27.7 Å². The standard InChI is InChI=1S/C17H25F2N3O3S/c1-12(9-14-15(18)6-3-7-16(14)19)20-17(23)11-22-8-4-5-13(10-22)21-26(2,24)25/h3,6-7,12-13,21H,4-5,8-11H2,1-2H3,(H,20,23). The van der Waals surface area contributed by atoms with Crippen LogP contribution in [-0.4, -0.2) is 57.2 Å². The molecular weight excluding hydrogens is 364 g/mol. The van der Waals surface area contributed by atoms with E-state index in [0.29, 0.717) is 13.1 Å². The highest BCUT2D eigenvalue weighted by molar-refractivity contribution is 7.88. The fourth-order valence-electron chi connectivity index (χ4n) is 3.21. The van der Waals surface area contributed by atoms with Gasteiger partial charge in [0.2, 0.25) is 15.9 Å². The Kier molecular flexibility index (Phi) is 7.08. The van der Waals surface area contributed by atoms with Crippen LogP contribution in [0.3, 0.4) is 0 Å². The molecule has 1 aliphatic rings. The van der Waals surface area contributed by atoms with Gasteiger partial charge in [0, 0.05) is 24.2 Å². The van der Waals surface area contributed by atoms with Crippen LogP contribution in [-0.2, 0) is 21.2 Å². The molecule has 0 spiro atoms. The highest BCUT2D eigenvalue weighted by Gasteiger charge is 2.24. The Hall–Kier alpha value is -1.58. The van der Waals surface area contributed by atoms with Crippen molar-refractivity contribution < 1.29 is 22.0 Å². The smallest absolute Gasteiger partial charge is 0.234 e. The van der Waals surface area contributed by atoms with Crippen LogP contribution in [0.1, 0.15) is 25.3 Å². The number of nitrogens with one attached hydrogen (secondary N) is 2. The molecule has 1 aromatic rings. The van der Waals surface area contributed by atoms with Gasteiger partial charge in [-0.15, -0.1) is 0 Å². The fourth-order valence-corrected chi connectivity index (χ4v) is 4.00. The SMILES string of the molecule is CC(Cc1c(F)cccc1F)NC(=O)CN1CCCC(NS(C)(=O)=O)C1. The summed E-state index contributed by atoms with van der Waals surface area (Å²) in [5.74, 6) is -1.51. The molecule has 0 saturated carbocycles.